The number of halogens is 2. The summed E-state index contributed by atoms with van der Waals surface area (Å²) in [5.74, 6) is -1.35. The van der Waals surface area contributed by atoms with Gasteiger partial charge in [0.05, 0.1) is 11.6 Å². The van der Waals surface area contributed by atoms with Crippen LogP contribution in [0.15, 0.2) is 29.6 Å². The highest BCUT2D eigenvalue weighted by Gasteiger charge is 2.22. The van der Waals surface area contributed by atoms with Gasteiger partial charge in [-0.05, 0) is 37.6 Å². The Hall–Kier alpha value is -1.96. The minimum atomic E-state index is -0.606. The molecule has 0 radical (unpaired) electrons. The van der Waals surface area contributed by atoms with Crippen LogP contribution in [0.3, 0.4) is 0 Å². The number of carbonyl (C=O) groups excluding carboxylic acids is 2. The van der Waals surface area contributed by atoms with E-state index in [0.29, 0.717) is 15.6 Å². The van der Waals surface area contributed by atoms with Gasteiger partial charge in [0.2, 0.25) is 5.91 Å². The molecule has 0 spiro atoms. The van der Waals surface area contributed by atoms with E-state index in [1.807, 2.05) is 0 Å². The number of benzene rings is 1. The van der Waals surface area contributed by atoms with Crippen molar-refractivity contribution in [2.75, 3.05) is 12.4 Å². The molecular formula is C16H17ClFN3O2S. The van der Waals surface area contributed by atoms with E-state index in [1.54, 1.807) is 36.4 Å². The fraction of sp³-hybridized carbons (Fsp3) is 0.250. The number of likely N-dealkylation sites (N-methyl/N-ethyl adjacent to an activating group) is 1. The maximum absolute atomic E-state index is 13.9. The van der Waals surface area contributed by atoms with Crippen LogP contribution >= 0.6 is 22.9 Å². The predicted molar refractivity (Wildman–Crippen MR) is 93.8 cm³/mol. The van der Waals surface area contributed by atoms with Gasteiger partial charge in [-0.25, -0.2) is 4.39 Å². The van der Waals surface area contributed by atoms with Gasteiger partial charge < -0.3 is 11.1 Å². The SMILES string of the molecule is C[C@H](C(=O)Nc1sccc1C(N)=O)N(C)Cc1c(F)cccc1Cl. The number of nitrogens with one attached hydrogen (secondary N) is 1. The van der Waals surface area contributed by atoms with Gasteiger partial charge >= 0.3 is 0 Å². The number of hydrogen-bond acceptors (Lipinski definition) is 4. The van der Waals surface area contributed by atoms with E-state index in [9.17, 15) is 14.0 Å². The Kier molecular flexibility index (Phi) is 5.93. The normalized spacial score (nSPS) is 12.2. The van der Waals surface area contributed by atoms with Crippen molar-refractivity contribution in [2.24, 2.45) is 5.73 Å². The molecular weight excluding hydrogens is 353 g/mol. The zero-order valence-corrected chi connectivity index (χ0v) is 14.7. The summed E-state index contributed by atoms with van der Waals surface area (Å²) < 4.78 is 13.9. The molecule has 0 aliphatic carbocycles. The van der Waals surface area contributed by atoms with Gasteiger partial charge in [0.25, 0.3) is 5.91 Å². The fourth-order valence-corrected chi connectivity index (χ4v) is 3.10. The molecule has 0 aliphatic rings. The predicted octanol–water partition coefficient (Wildman–Crippen LogP) is 3.10. The van der Waals surface area contributed by atoms with Gasteiger partial charge in [0, 0.05) is 17.1 Å². The maximum atomic E-state index is 13.9. The monoisotopic (exact) mass is 369 g/mol. The average Bonchev–Trinajstić information content (AvgIpc) is 2.98. The fourth-order valence-electron chi connectivity index (χ4n) is 2.09. The summed E-state index contributed by atoms with van der Waals surface area (Å²) in [6, 6.07) is 5.44. The number of anilines is 1. The smallest absolute Gasteiger partial charge is 0.251 e. The summed E-state index contributed by atoms with van der Waals surface area (Å²) >= 11 is 7.22. The molecule has 0 bridgehead atoms. The second kappa shape index (κ2) is 7.74. The van der Waals surface area contributed by atoms with Gasteiger partial charge in [-0.2, -0.15) is 0 Å². The molecule has 24 heavy (non-hydrogen) atoms. The lowest BCUT2D eigenvalue weighted by atomic mass is 10.1. The third-order valence-corrected chi connectivity index (χ3v) is 4.86. The first-order valence-electron chi connectivity index (χ1n) is 7.12. The van der Waals surface area contributed by atoms with Gasteiger partial charge in [-0.3, -0.25) is 14.5 Å². The van der Waals surface area contributed by atoms with E-state index in [-0.39, 0.29) is 18.0 Å². The van der Waals surface area contributed by atoms with Crippen molar-refractivity contribution >= 4 is 39.8 Å². The molecule has 2 aromatic rings. The Labute approximate surface area is 148 Å². The molecule has 1 aromatic heterocycles. The number of amides is 2. The summed E-state index contributed by atoms with van der Waals surface area (Å²) in [4.78, 5) is 25.3. The molecule has 3 N–H and O–H groups in total. The first kappa shape index (κ1) is 18.4. The summed E-state index contributed by atoms with van der Waals surface area (Å²) in [5.41, 5.74) is 5.85. The van der Waals surface area contributed by atoms with Crippen molar-refractivity contribution in [3.63, 3.8) is 0 Å². The van der Waals surface area contributed by atoms with Gasteiger partial charge in [0.15, 0.2) is 0 Å². The first-order valence-corrected chi connectivity index (χ1v) is 8.38. The molecule has 8 heteroatoms. The zero-order valence-electron chi connectivity index (χ0n) is 13.2. The summed E-state index contributed by atoms with van der Waals surface area (Å²) in [6.07, 6.45) is 0. The number of primary amides is 1. The van der Waals surface area contributed by atoms with Crippen molar-refractivity contribution in [2.45, 2.75) is 19.5 Å². The summed E-state index contributed by atoms with van der Waals surface area (Å²) in [7, 11) is 1.69. The van der Waals surface area contributed by atoms with Crippen molar-refractivity contribution in [3.05, 3.63) is 51.6 Å². The molecule has 1 atom stereocenters. The Morgan fingerprint density at radius 1 is 1.42 bits per heavy atom. The molecule has 2 rings (SSSR count). The standard InChI is InChI=1S/C16H17ClFN3O2S/c1-9(15(23)20-16-10(14(19)22)6-7-24-16)21(2)8-11-12(17)4-3-5-13(11)18/h3-7,9H,8H2,1-2H3,(H2,19,22)(H,20,23)/t9-/m1/s1. The van der Waals surface area contributed by atoms with Gasteiger partial charge in [0.1, 0.15) is 10.8 Å². The van der Waals surface area contributed by atoms with Crippen LogP contribution in [0.5, 0.6) is 0 Å². The van der Waals surface area contributed by atoms with Gasteiger partial charge in [-0.15, -0.1) is 11.3 Å². The molecule has 5 nitrogen and oxygen atoms in total. The number of rotatable bonds is 6. The molecule has 1 aromatic carbocycles. The quantitative estimate of drug-likeness (QED) is 0.821. The molecule has 2 amide bonds. The Bertz CT molecular complexity index is 745. The van der Waals surface area contributed by atoms with Crippen LogP contribution in [0.2, 0.25) is 5.02 Å². The van der Waals surface area contributed by atoms with Crippen LogP contribution in [-0.2, 0) is 11.3 Å². The maximum Gasteiger partial charge on any atom is 0.251 e. The van der Waals surface area contributed by atoms with E-state index in [4.69, 9.17) is 17.3 Å². The summed E-state index contributed by atoms with van der Waals surface area (Å²) in [5, 5.41) is 5.06. The average molecular weight is 370 g/mol. The minimum absolute atomic E-state index is 0.174. The highest BCUT2D eigenvalue weighted by Crippen LogP contribution is 2.24. The topological polar surface area (TPSA) is 75.4 Å². The van der Waals surface area contributed by atoms with E-state index < -0.39 is 17.8 Å². The first-order chi connectivity index (χ1) is 11.3. The number of nitrogens with zero attached hydrogens (tertiary/aromatic N) is 1. The highest BCUT2D eigenvalue weighted by atomic mass is 35.5. The largest absolute Gasteiger partial charge is 0.366 e. The molecule has 1 heterocycles. The van der Waals surface area contributed by atoms with Crippen molar-refractivity contribution in [1.29, 1.82) is 0 Å². The summed E-state index contributed by atoms with van der Waals surface area (Å²) in [6.45, 7) is 1.86. The van der Waals surface area contributed by atoms with Crippen LogP contribution in [-0.4, -0.2) is 29.8 Å². The lowest BCUT2D eigenvalue weighted by Gasteiger charge is -2.24. The van der Waals surface area contributed by atoms with Crippen LogP contribution in [0.1, 0.15) is 22.8 Å². The Morgan fingerprint density at radius 2 is 2.12 bits per heavy atom. The van der Waals surface area contributed by atoms with E-state index in [1.165, 1.54) is 23.5 Å². The van der Waals surface area contributed by atoms with Crippen LogP contribution < -0.4 is 11.1 Å². The minimum Gasteiger partial charge on any atom is -0.366 e. The highest BCUT2D eigenvalue weighted by molar-refractivity contribution is 7.14. The van der Waals surface area contributed by atoms with Crippen molar-refractivity contribution in [3.8, 4) is 0 Å². The van der Waals surface area contributed by atoms with Crippen LogP contribution in [0.4, 0.5) is 9.39 Å². The van der Waals surface area contributed by atoms with Gasteiger partial charge in [-0.1, -0.05) is 17.7 Å². The number of nitrogens with two attached hydrogens (primary N) is 1. The van der Waals surface area contributed by atoms with E-state index >= 15 is 0 Å². The Morgan fingerprint density at radius 3 is 2.75 bits per heavy atom. The molecule has 0 fully saturated rings. The third-order valence-electron chi connectivity index (χ3n) is 3.68. The number of thiophene rings is 1. The second-order valence-corrected chi connectivity index (χ2v) is 6.63. The molecule has 0 unspecified atom stereocenters. The van der Waals surface area contributed by atoms with Crippen LogP contribution in [0, 0.1) is 5.82 Å². The van der Waals surface area contributed by atoms with Crippen molar-refractivity contribution in [1.82, 2.24) is 4.90 Å². The second-order valence-electron chi connectivity index (χ2n) is 5.31. The van der Waals surface area contributed by atoms with E-state index in [0.717, 1.165) is 0 Å². The Balaban J connectivity index is 2.07. The lowest BCUT2D eigenvalue weighted by Crippen LogP contribution is -2.39. The van der Waals surface area contributed by atoms with Crippen molar-refractivity contribution < 1.29 is 14.0 Å². The number of carbonyl (C=O) groups is 2. The van der Waals surface area contributed by atoms with E-state index in [2.05, 4.69) is 5.32 Å². The van der Waals surface area contributed by atoms with Crippen LogP contribution in [0.25, 0.3) is 0 Å². The molecule has 0 aliphatic heterocycles. The number of hydrogen-bond donors (Lipinski definition) is 2. The molecule has 0 saturated carbocycles. The lowest BCUT2D eigenvalue weighted by molar-refractivity contribution is -0.120. The molecule has 0 saturated heterocycles. The third kappa shape index (κ3) is 4.11. The molecule has 128 valence electrons. The zero-order chi connectivity index (χ0) is 17.9.